The molecule has 1 aromatic heterocycles. The lowest BCUT2D eigenvalue weighted by Crippen LogP contribution is -2.49. The van der Waals surface area contributed by atoms with E-state index in [9.17, 15) is 9.59 Å². The minimum atomic E-state index is -0.782. The third-order valence-corrected chi connectivity index (χ3v) is 6.87. The second-order valence-corrected chi connectivity index (χ2v) is 9.35. The molecule has 10 heteroatoms. The summed E-state index contributed by atoms with van der Waals surface area (Å²) in [6.45, 7) is 11.4. The normalized spacial score (nSPS) is 18.9. The number of carbonyl (C=O) groups excluding carboxylic acids is 2. The Labute approximate surface area is 211 Å². The van der Waals surface area contributed by atoms with Crippen LogP contribution in [0.5, 0.6) is 0 Å². The maximum atomic E-state index is 13.5. The number of ether oxygens (including phenoxy) is 1. The maximum Gasteiger partial charge on any atom is 0.266 e. The molecule has 0 bridgehead atoms. The van der Waals surface area contributed by atoms with Gasteiger partial charge >= 0.3 is 0 Å². The second kappa shape index (κ2) is 12.5. The summed E-state index contributed by atoms with van der Waals surface area (Å²) in [7, 11) is 0. The van der Waals surface area contributed by atoms with Crippen LogP contribution in [0.4, 0.5) is 0 Å². The molecule has 1 saturated heterocycles. The predicted molar refractivity (Wildman–Crippen MR) is 135 cm³/mol. The quantitative estimate of drug-likeness (QED) is 0.190. The van der Waals surface area contributed by atoms with Gasteiger partial charge in [-0.2, -0.15) is 11.5 Å². The van der Waals surface area contributed by atoms with E-state index in [0.717, 1.165) is 25.7 Å². The zero-order valence-electron chi connectivity index (χ0n) is 20.7. The molecule has 1 aliphatic carbocycles. The Morgan fingerprint density at radius 2 is 1.97 bits per heavy atom. The van der Waals surface area contributed by atoms with Crippen LogP contribution in [0.25, 0.3) is 16.1 Å². The molecular weight excluding hydrogens is 460 g/mol. The SMILES string of the molecule is [C-]#[N+]NC(=NC(CC1CCCCC1)C(=O)NC(CC)C(=O)c1nc2ccccc2o1)N1CCOCC1. The van der Waals surface area contributed by atoms with Crippen LogP contribution in [-0.2, 0) is 9.53 Å². The molecule has 0 spiro atoms. The van der Waals surface area contributed by atoms with E-state index < -0.39 is 12.1 Å². The molecular formula is C26H34N6O4. The fraction of sp³-hybridized carbons (Fsp3) is 0.577. The van der Waals surface area contributed by atoms with E-state index in [0.29, 0.717) is 62.1 Å². The van der Waals surface area contributed by atoms with Crippen molar-refractivity contribution in [3.05, 3.63) is 41.7 Å². The Kier molecular flexibility index (Phi) is 8.90. The molecule has 1 amide bonds. The van der Waals surface area contributed by atoms with Crippen molar-refractivity contribution in [2.45, 2.75) is 64.0 Å². The van der Waals surface area contributed by atoms with Crippen LogP contribution >= 0.6 is 0 Å². The molecule has 36 heavy (non-hydrogen) atoms. The Balaban J connectivity index is 1.54. The molecule has 1 aliphatic heterocycles. The number of ketones is 1. The number of guanidine groups is 1. The first-order chi connectivity index (χ1) is 17.6. The summed E-state index contributed by atoms with van der Waals surface area (Å²) >= 11 is 0. The third kappa shape index (κ3) is 6.40. The molecule has 2 fully saturated rings. The number of rotatable bonds is 8. The summed E-state index contributed by atoms with van der Waals surface area (Å²) in [5.41, 5.74) is 3.77. The number of morpholine rings is 1. The largest absolute Gasteiger partial charge is 0.434 e. The van der Waals surface area contributed by atoms with Gasteiger partial charge in [0.25, 0.3) is 11.9 Å². The van der Waals surface area contributed by atoms with E-state index in [1.54, 1.807) is 12.1 Å². The summed E-state index contributed by atoms with van der Waals surface area (Å²) in [6, 6.07) is 5.68. The molecule has 2 aliphatic rings. The van der Waals surface area contributed by atoms with Gasteiger partial charge in [-0.15, -0.1) is 0 Å². The molecule has 1 aromatic carbocycles. The number of aliphatic imine (C=N–C) groups is 1. The molecule has 2 heterocycles. The summed E-state index contributed by atoms with van der Waals surface area (Å²) in [5.74, 6) is 0.0523. The average Bonchev–Trinajstić information content (AvgIpc) is 3.36. The number of hydrogen-bond donors (Lipinski definition) is 2. The van der Waals surface area contributed by atoms with E-state index in [4.69, 9.17) is 20.7 Å². The van der Waals surface area contributed by atoms with Crippen molar-refractivity contribution >= 4 is 28.7 Å². The van der Waals surface area contributed by atoms with Gasteiger partial charge < -0.3 is 19.4 Å². The van der Waals surface area contributed by atoms with E-state index in [2.05, 4.69) is 20.7 Å². The number of fused-ring (bicyclic) bond motifs is 1. The number of nitrogens with zero attached hydrogens (tertiary/aromatic N) is 4. The number of oxazole rings is 1. The Hall–Kier alpha value is -3.45. The highest BCUT2D eigenvalue weighted by molar-refractivity contribution is 6.00. The van der Waals surface area contributed by atoms with Crippen LogP contribution < -0.4 is 10.7 Å². The standard InChI is InChI=1S/C26H34N6O4/c1-3-19(23(33)25-29-20-11-7-8-12-22(20)36-25)28-24(34)21(17-18-9-5-4-6-10-18)30-26(31-27-2)32-13-15-35-16-14-32/h7-8,11-12,18-19,21H,3-6,9-10,13-17H2,1H3,(H,28,34)(H,30,31). The molecule has 10 nitrogen and oxygen atoms in total. The van der Waals surface area contributed by atoms with Crippen LogP contribution in [0.1, 0.15) is 62.6 Å². The van der Waals surface area contributed by atoms with Gasteiger partial charge in [-0.3, -0.25) is 9.59 Å². The summed E-state index contributed by atoms with van der Waals surface area (Å²) in [5, 5.41) is 2.91. The van der Waals surface area contributed by atoms with Crippen molar-refractivity contribution < 1.29 is 18.7 Å². The predicted octanol–water partition coefficient (Wildman–Crippen LogP) is 3.36. The Morgan fingerprint density at radius 3 is 2.67 bits per heavy atom. The van der Waals surface area contributed by atoms with Gasteiger partial charge in [0, 0.05) is 13.1 Å². The summed E-state index contributed by atoms with van der Waals surface area (Å²) < 4.78 is 11.1. The zero-order valence-corrected chi connectivity index (χ0v) is 20.7. The van der Waals surface area contributed by atoms with Crippen molar-refractivity contribution in [2.75, 3.05) is 26.3 Å². The van der Waals surface area contributed by atoms with Crippen LogP contribution in [0, 0.1) is 12.5 Å². The van der Waals surface area contributed by atoms with Crippen molar-refractivity contribution in [3.63, 3.8) is 0 Å². The Bertz CT molecular complexity index is 1080. The van der Waals surface area contributed by atoms with Crippen molar-refractivity contribution in [2.24, 2.45) is 10.9 Å². The number of amides is 1. The van der Waals surface area contributed by atoms with Gasteiger partial charge in [0.2, 0.25) is 11.7 Å². The van der Waals surface area contributed by atoms with E-state index in [1.165, 1.54) is 6.42 Å². The van der Waals surface area contributed by atoms with Crippen LogP contribution in [0.3, 0.4) is 0 Å². The highest BCUT2D eigenvalue weighted by Crippen LogP contribution is 2.28. The molecule has 1 saturated carbocycles. The lowest BCUT2D eigenvalue weighted by Gasteiger charge is -2.29. The maximum absolute atomic E-state index is 13.5. The highest BCUT2D eigenvalue weighted by Gasteiger charge is 2.31. The van der Waals surface area contributed by atoms with Crippen molar-refractivity contribution in [3.8, 4) is 0 Å². The first kappa shape index (κ1) is 25.6. The topological polar surface area (TPSA) is 113 Å². The number of aromatic nitrogens is 1. The Morgan fingerprint density at radius 1 is 1.22 bits per heavy atom. The van der Waals surface area contributed by atoms with E-state index in [1.807, 2.05) is 24.0 Å². The van der Waals surface area contributed by atoms with Gasteiger partial charge in [0.15, 0.2) is 5.58 Å². The fourth-order valence-corrected chi connectivity index (χ4v) is 4.86. The van der Waals surface area contributed by atoms with Gasteiger partial charge in [0.05, 0.1) is 19.3 Å². The van der Waals surface area contributed by atoms with Gasteiger partial charge in [-0.1, -0.05) is 56.6 Å². The monoisotopic (exact) mass is 494 g/mol. The molecule has 2 unspecified atom stereocenters. The van der Waals surface area contributed by atoms with Gasteiger partial charge in [0.1, 0.15) is 11.6 Å². The molecule has 192 valence electrons. The first-order valence-electron chi connectivity index (χ1n) is 12.8. The summed E-state index contributed by atoms with van der Waals surface area (Å²) in [6.07, 6.45) is 6.59. The zero-order chi connectivity index (χ0) is 25.3. The number of carbonyl (C=O) groups is 2. The number of para-hydroxylation sites is 2. The fourth-order valence-electron chi connectivity index (χ4n) is 4.86. The minimum Gasteiger partial charge on any atom is -0.434 e. The molecule has 2 atom stereocenters. The van der Waals surface area contributed by atoms with E-state index in [-0.39, 0.29) is 17.6 Å². The smallest absolute Gasteiger partial charge is 0.266 e. The lowest BCUT2D eigenvalue weighted by atomic mass is 9.84. The number of Topliss-reactive ketones (excluding diaryl/α,β-unsaturated/α-hetero) is 1. The average molecular weight is 495 g/mol. The van der Waals surface area contributed by atoms with Crippen molar-refractivity contribution in [1.29, 1.82) is 0 Å². The van der Waals surface area contributed by atoms with Gasteiger partial charge in [-0.05, 0) is 30.9 Å². The molecule has 2 aromatic rings. The van der Waals surface area contributed by atoms with Crippen molar-refractivity contribution in [1.82, 2.24) is 20.6 Å². The minimum absolute atomic E-state index is 0.0145. The highest BCUT2D eigenvalue weighted by atomic mass is 16.5. The van der Waals surface area contributed by atoms with Crippen LogP contribution in [0.15, 0.2) is 33.7 Å². The third-order valence-electron chi connectivity index (χ3n) is 6.87. The summed E-state index contributed by atoms with van der Waals surface area (Å²) in [4.78, 5) is 41.0. The number of benzene rings is 1. The molecule has 2 N–H and O–H groups in total. The van der Waals surface area contributed by atoms with E-state index >= 15 is 0 Å². The van der Waals surface area contributed by atoms with Crippen LogP contribution in [-0.4, -0.2) is 65.9 Å². The first-order valence-corrected chi connectivity index (χ1v) is 12.8. The molecule has 0 radical (unpaired) electrons. The second-order valence-electron chi connectivity index (χ2n) is 9.35. The molecule has 4 rings (SSSR count). The van der Waals surface area contributed by atoms with Crippen LogP contribution in [0.2, 0.25) is 0 Å². The lowest BCUT2D eigenvalue weighted by molar-refractivity contribution is -0.123. The van der Waals surface area contributed by atoms with Gasteiger partial charge in [-0.25, -0.2) is 9.98 Å². The number of hydrogen-bond acceptors (Lipinski definition) is 6. The number of nitrogens with one attached hydrogen (secondary N) is 2.